The number of rotatable bonds is 6. The van der Waals surface area contributed by atoms with Gasteiger partial charge in [-0.2, -0.15) is 0 Å². The van der Waals surface area contributed by atoms with Crippen LogP contribution >= 0.6 is 0 Å². The molecule has 0 atom stereocenters. The van der Waals surface area contributed by atoms with Crippen molar-refractivity contribution >= 4 is 17.5 Å². The van der Waals surface area contributed by atoms with Gasteiger partial charge in [0.15, 0.2) is 0 Å². The Kier molecular flexibility index (Phi) is 5.60. The summed E-state index contributed by atoms with van der Waals surface area (Å²) in [4.78, 5) is 26.2. The molecule has 2 aromatic carbocycles. The number of benzene rings is 2. The van der Waals surface area contributed by atoms with E-state index in [1.165, 1.54) is 12.8 Å². The molecule has 5 heteroatoms. The van der Waals surface area contributed by atoms with E-state index in [0.717, 1.165) is 42.8 Å². The first-order chi connectivity index (χ1) is 13.7. The Morgan fingerprint density at radius 2 is 1.86 bits per heavy atom. The summed E-state index contributed by atoms with van der Waals surface area (Å²) in [5.41, 5.74) is 2.37. The van der Waals surface area contributed by atoms with Gasteiger partial charge < -0.3 is 15.0 Å². The second-order valence-electron chi connectivity index (χ2n) is 7.62. The van der Waals surface area contributed by atoms with Gasteiger partial charge in [0.2, 0.25) is 5.91 Å². The van der Waals surface area contributed by atoms with Gasteiger partial charge in [-0.25, -0.2) is 0 Å². The van der Waals surface area contributed by atoms with E-state index < -0.39 is 0 Å². The summed E-state index contributed by atoms with van der Waals surface area (Å²) >= 11 is 0. The highest BCUT2D eigenvalue weighted by Gasteiger charge is 2.20. The number of hydrogen-bond donors (Lipinski definition) is 1. The van der Waals surface area contributed by atoms with Crippen molar-refractivity contribution < 1.29 is 14.3 Å². The van der Waals surface area contributed by atoms with Crippen LogP contribution in [0.2, 0.25) is 0 Å². The number of hydrogen-bond acceptors (Lipinski definition) is 3. The Morgan fingerprint density at radius 1 is 1.07 bits per heavy atom. The smallest absolute Gasteiger partial charge is 0.255 e. The summed E-state index contributed by atoms with van der Waals surface area (Å²) in [6, 6.07) is 15.0. The number of likely N-dealkylation sites (tertiary alicyclic amines) is 1. The van der Waals surface area contributed by atoms with Gasteiger partial charge in [-0.05, 0) is 61.9 Å². The molecule has 2 aromatic rings. The van der Waals surface area contributed by atoms with Crippen LogP contribution in [0.3, 0.4) is 0 Å². The summed E-state index contributed by atoms with van der Waals surface area (Å²) in [6.07, 6.45) is 6.53. The largest absolute Gasteiger partial charge is 0.490 e. The second kappa shape index (κ2) is 8.46. The van der Waals surface area contributed by atoms with E-state index in [4.69, 9.17) is 4.74 Å². The van der Waals surface area contributed by atoms with E-state index in [2.05, 4.69) is 5.32 Å². The molecule has 1 saturated carbocycles. The lowest BCUT2D eigenvalue weighted by molar-refractivity contribution is -0.128. The fourth-order valence-corrected chi connectivity index (χ4v) is 3.90. The van der Waals surface area contributed by atoms with Gasteiger partial charge in [-0.1, -0.05) is 18.2 Å². The van der Waals surface area contributed by atoms with Crippen LogP contribution in [0.1, 0.15) is 54.4 Å². The van der Waals surface area contributed by atoms with Crippen LogP contribution in [-0.4, -0.2) is 29.4 Å². The fraction of sp³-hybridized carbons (Fsp3) is 0.391. The normalized spacial score (nSPS) is 17.1. The quantitative estimate of drug-likeness (QED) is 0.811. The number of carbonyl (C=O) groups is 2. The molecule has 0 aromatic heterocycles. The molecule has 5 nitrogen and oxygen atoms in total. The van der Waals surface area contributed by atoms with E-state index in [9.17, 15) is 9.59 Å². The van der Waals surface area contributed by atoms with Crippen LogP contribution in [0.5, 0.6) is 5.75 Å². The summed E-state index contributed by atoms with van der Waals surface area (Å²) < 4.78 is 6.01. The number of ether oxygens (including phenoxy) is 1. The molecule has 0 radical (unpaired) electrons. The van der Waals surface area contributed by atoms with Gasteiger partial charge in [0, 0.05) is 36.8 Å². The number of nitrogens with one attached hydrogen (secondary N) is 1. The summed E-state index contributed by atoms with van der Waals surface area (Å²) in [7, 11) is 0. The van der Waals surface area contributed by atoms with E-state index in [0.29, 0.717) is 24.6 Å². The van der Waals surface area contributed by atoms with Gasteiger partial charge in [-0.3, -0.25) is 9.59 Å². The standard InChI is InChI=1S/C23H26N2O3/c26-22-9-4-14-25(22)16-17-10-12-18(13-11-17)23(27)24-19-5-3-8-21(15-19)28-20-6-1-2-7-20/h3,5,8,10-13,15,20H,1-2,4,6-7,9,14,16H2,(H,24,27). The topological polar surface area (TPSA) is 58.6 Å². The van der Waals surface area contributed by atoms with Gasteiger partial charge in [0.25, 0.3) is 5.91 Å². The first kappa shape index (κ1) is 18.5. The lowest BCUT2D eigenvalue weighted by Gasteiger charge is -2.16. The third-order valence-corrected chi connectivity index (χ3v) is 5.46. The average molecular weight is 378 g/mol. The van der Waals surface area contributed by atoms with Crippen molar-refractivity contribution in [2.75, 3.05) is 11.9 Å². The molecule has 4 rings (SSSR count). The molecule has 146 valence electrons. The molecule has 1 heterocycles. The molecule has 2 amide bonds. The second-order valence-corrected chi connectivity index (χ2v) is 7.62. The van der Waals surface area contributed by atoms with Gasteiger partial charge in [-0.15, -0.1) is 0 Å². The van der Waals surface area contributed by atoms with Crippen molar-refractivity contribution in [3.8, 4) is 5.75 Å². The van der Waals surface area contributed by atoms with Crippen LogP contribution in [-0.2, 0) is 11.3 Å². The molecule has 1 saturated heterocycles. The van der Waals surface area contributed by atoms with Crippen molar-refractivity contribution in [3.05, 3.63) is 59.7 Å². The highest BCUT2D eigenvalue weighted by atomic mass is 16.5. The van der Waals surface area contributed by atoms with Gasteiger partial charge >= 0.3 is 0 Å². The lowest BCUT2D eigenvalue weighted by Crippen LogP contribution is -2.23. The molecule has 28 heavy (non-hydrogen) atoms. The molecule has 0 unspecified atom stereocenters. The Balaban J connectivity index is 1.36. The predicted octanol–water partition coefficient (Wildman–Crippen LogP) is 4.38. The zero-order valence-corrected chi connectivity index (χ0v) is 16.0. The maximum atomic E-state index is 12.6. The maximum Gasteiger partial charge on any atom is 0.255 e. The van der Waals surface area contributed by atoms with E-state index in [1.807, 2.05) is 53.4 Å². The highest BCUT2D eigenvalue weighted by Crippen LogP contribution is 2.26. The molecule has 1 N–H and O–H groups in total. The first-order valence-corrected chi connectivity index (χ1v) is 10.1. The number of nitrogens with zero attached hydrogens (tertiary/aromatic N) is 1. The van der Waals surface area contributed by atoms with Gasteiger partial charge in [0.05, 0.1) is 6.10 Å². The zero-order chi connectivity index (χ0) is 19.3. The van der Waals surface area contributed by atoms with Crippen molar-refractivity contribution in [1.29, 1.82) is 0 Å². The monoisotopic (exact) mass is 378 g/mol. The van der Waals surface area contributed by atoms with E-state index >= 15 is 0 Å². The van der Waals surface area contributed by atoms with E-state index in [1.54, 1.807) is 0 Å². The fourth-order valence-electron chi connectivity index (χ4n) is 3.90. The molecule has 2 fully saturated rings. The molecule has 0 spiro atoms. The summed E-state index contributed by atoms with van der Waals surface area (Å²) in [6.45, 7) is 1.43. The summed E-state index contributed by atoms with van der Waals surface area (Å²) in [5, 5.41) is 2.94. The van der Waals surface area contributed by atoms with Crippen molar-refractivity contribution in [2.24, 2.45) is 0 Å². The minimum Gasteiger partial charge on any atom is -0.490 e. The third kappa shape index (κ3) is 4.53. The third-order valence-electron chi connectivity index (χ3n) is 5.46. The summed E-state index contributed by atoms with van der Waals surface area (Å²) in [5.74, 6) is 0.860. The Bertz CT molecular complexity index is 841. The Hall–Kier alpha value is -2.82. The van der Waals surface area contributed by atoms with Crippen LogP contribution in [0, 0.1) is 0 Å². The van der Waals surface area contributed by atoms with Crippen LogP contribution in [0.15, 0.2) is 48.5 Å². The molecule has 1 aliphatic heterocycles. The molecule has 1 aliphatic carbocycles. The average Bonchev–Trinajstić information content (AvgIpc) is 3.35. The first-order valence-electron chi connectivity index (χ1n) is 10.1. The van der Waals surface area contributed by atoms with Gasteiger partial charge in [0.1, 0.15) is 5.75 Å². The predicted molar refractivity (Wildman–Crippen MR) is 108 cm³/mol. The van der Waals surface area contributed by atoms with Crippen molar-refractivity contribution in [1.82, 2.24) is 4.90 Å². The lowest BCUT2D eigenvalue weighted by atomic mass is 10.1. The molecular formula is C23H26N2O3. The zero-order valence-electron chi connectivity index (χ0n) is 16.0. The molecular weight excluding hydrogens is 352 g/mol. The number of amides is 2. The Labute approximate surface area is 165 Å². The number of carbonyl (C=O) groups excluding carboxylic acids is 2. The SMILES string of the molecule is O=C(Nc1cccc(OC2CCCC2)c1)c1ccc(CN2CCCC2=O)cc1. The minimum atomic E-state index is -0.151. The maximum absolute atomic E-state index is 12.6. The number of anilines is 1. The van der Waals surface area contributed by atoms with E-state index in [-0.39, 0.29) is 11.8 Å². The highest BCUT2D eigenvalue weighted by molar-refractivity contribution is 6.04. The minimum absolute atomic E-state index is 0.151. The van der Waals surface area contributed by atoms with Crippen molar-refractivity contribution in [2.45, 2.75) is 51.2 Å². The van der Waals surface area contributed by atoms with Crippen LogP contribution in [0.25, 0.3) is 0 Å². The van der Waals surface area contributed by atoms with Crippen LogP contribution in [0.4, 0.5) is 5.69 Å². The molecule has 0 bridgehead atoms. The van der Waals surface area contributed by atoms with Crippen LogP contribution < -0.4 is 10.1 Å². The Morgan fingerprint density at radius 3 is 2.57 bits per heavy atom. The van der Waals surface area contributed by atoms with Crippen molar-refractivity contribution in [3.63, 3.8) is 0 Å². The molecule has 2 aliphatic rings.